The summed E-state index contributed by atoms with van der Waals surface area (Å²) in [7, 11) is 1.76. The molecular formula is C17H25BrFN3O. The van der Waals surface area contributed by atoms with Gasteiger partial charge in [0.1, 0.15) is 5.82 Å². The van der Waals surface area contributed by atoms with Crippen LogP contribution in [0.2, 0.25) is 0 Å². The van der Waals surface area contributed by atoms with Gasteiger partial charge in [-0.05, 0) is 65.2 Å². The van der Waals surface area contributed by atoms with Crippen molar-refractivity contribution in [3.8, 4) is 0 Å². The largest absolute Gasteiger partial charge is 0.381 e. The Morgan fingerprint density at radius 2 is 2.13 bits per heavy atom. The van der Waals surface area contributed by atoms with Crippen LogP contribution >= 0.6 is 15.9 Å². The summed E-state index contributed by atoms with van der Waals surface area (Å²) in [5, 5.41) is 6.53. The smallest absolute Gasteiger partial charge is 0.190 e. The monoisotopic (exact) mass is 385 g/mol. The number of guanidine groups is 1. The van der Waals surface area contributed by atoms with Crippen molar-refractivity contribution >= 4 is 21.9 Å². The molecule has 2 N–H and O–H groups in total. The van der Waals surface area contributed by atoms with Crippen molar-refractivity contribution in [3.63, 3.8) is 0 Å². The lowest BCUT2D eigenvalue weighted by molar-refractivity contribution is 0.123. The van der Waals surface area contributed by atoms with Gasteiger partial charge in [0.05, 0.1) is 4.47 Å². The molecule has 23 heavy (non-hydrogen) atoms. The quantitative estimate of drug-likeness (QED) is 0.390. The Morgan fingerprint density at radius 3 is 2.83 bits per heavy atom. The van der Waals surface area contributed by atoms with Crippen molar-refractivity contribution in [1.29, 1.82) is 0 Å². The Morgan fingerprint density at radius 1 is 1.35 bits per heavy atom. The zero-order valence-corrected chi connectivity index (χ0v) is 15.2. The fourth-order valence-electron chi connectivity index (χ4n) is 2.16. The lowest BCUT2D eigenvalue weighted by Gasteiger charge is -2.12. The Labute approximate surface area is 146 Å². The van der Waals surface area contributed by atoms with E-state index < -0.39 is 0 Å². The first-order valence-electron chi connectivity index (χ1n) is 8.15. The summed E-state index contributed by atoms with van der Waals surface area (Å²) in [5.41, 5.74) is 1.08. The van der Waals surface area contributed by atoms with Gasteiger partial charge in [-0.25, -0.2) is 4.39 Å². The van der Waals surface area contributed by atoms with Gasteiger partial charge in [-0.1, -0.05) is 6.07 Å². The predicted octanol–water partition coefficient (Wildman–Crippen LogP) is 3.11. The van der Waals surface area contributed by atoms with E-state index in [2.05, 4.69) is 31.6 Å². The normalized spacial score (nSPS) is 14.8. The molecule has 1 aromatic rings. The van der Waals surface area contributed by atoms with Gasteiger partial charge in [0, 0.05) is 33.4 Å². The Bertz CT molecular complexity index is 521. The molecule has 1 saturated carbocycles. The number of hydrogen-bond donors (Lipinski definition) is 2. The van der Waals surface area contributed by atoms with Crippen molar-refractivity contribution in [3.05, 3.63) is 34.1 Å². The van der Waals surface area contributed by atoms with E-state index in [4.69, 9.17) is 4.74 Å². The first-order valence-corrected chi connectivity index (χ1v) is 8.94. The van der Waals surface area contributed by atoms with Crippen molar-refractivity contribution in [2.24, 2.45) is 10.9 Å². The van der Waals surface area contributed by atoms with Crippen LogP contribution in [0.1, 0.15) is 24.8 Å². The maximum atomic E-state index is 13.2. The van der Waals surface area contributed by atoms with Crippen LogP contribution in [0, 0.1) is 11.7 Å². The SMILES string of the molecule is CN=C(NCCCOCC1CC1)NCCc1ccc(F)c(Br)c1. The van der Waals surface area contributed by atoms with Gasteiger partial charge in [-0.2, -0.15) is 0 Å². The summed E-state index contributed by atoms with van der Waals surface area (Å²) in [6.45, 7) is 3.30. The Kier molecular flexibility index (Phi) is 7.82. The van der Waals surface area contributed by atoms with Crippen LogP contribution in [-0.4, -0.2) is 39.3 Å². The van der Waals surface area contributed by atoms with E-state index in [-0.39, 0.29) is 5.82 Å². The number of halogens is 2. The van der Waals surface area contributed by atoms with Crippen molar-refractivity contribution < 1.29 is 9.13 Å². The molecule has 1 fully saturated rings. The van der Waals surface area contributed by atoms with Gasteiger partial charge in [-0.3, -0.25) is 4.99 Å². The summed E-state index contributed by atoms with van der Waals surface area (Å²) < 4.78 is 19.3. The minimum atomic E-state index is -0.233. The first kappa shape index (κ1) is 18.2. The van der Waals surface area contributed by atoms with Crippen LogP contribution in [-0.2, 0) is 11.2 Å². The molecule has 0 saturated heterocycles. The van der Waals surface area contributed by atoms with E-state index in [1.807, 2.05) is 6.07 Å². The van der Waals surface area contributed by atoms with Crippen LogP contribution < -0.4 is 10.6 Å². The molecule has 1 aromatic carbocycles. The highest BCUT2D eigenvalue weighted by molar-refractivity contribution is 9.10. The van der Waals surface area contributed by atoms with Crippen molar-refractivity contribution in [1.82, 2.24) is 10.6 Å². The molecule has 0 aliphatic heterocycles. The van der Waals surface area contributed by atoms with Crippen LogP contribution in [0.15, 0.2) is 27.7 Å². The highest BCUT2D eigenvalue weighted by Crippen LogP contribution is 2.28. The topological polar surface area (TPSA) is 45.7 Å². The predicted molar refractivity (Wildman–Crippen MR) is 95.3 cm³/mol. The molecule has 0 bridgehead atoms. The van der Waals surface area contributed by atoms with Crippen LogP contribution in [0.25, 0.3) is 0 Å². The zero-order chi connectivity index (χ0) is 16.5. The third-order valence-corrected chi connectivity index (χ3v) is 4.33. The maximum Gasteiger partial charge on any atom is 0.190 e. The van der Waals surface area contributed by atoms with Gasteiger partial charge in [0.25, 0.3) is 0 Å². The number of nitrogens with one attached hydrogen (secondary N) is 2. The van der Waals surface area contributed by atoms with E-state index in [0.717, 1.165) is 56.6 Å². The molecule has 6 heteroatoms. The summed E-state index contributed by atoms with van der Waals surface area (Å²) in [6.07, 6.45) is 4.45. The lowest BCUT2D eigenvalue weighted by atomic mass is 10.1. The molecule has 0 radical (unpaired) electrons. The summed E-state index contributed by atoms with van der Waals surface area (Å²) in [5.74, 6) is 1.38. The maximum absolute atomic E-state index is 13.2. The minimum absolute atomic E-state index is 0.233. The van der Waals surface area contributed by atoms with E-state index in [0.29, 0.717) is 4.47 Å². The van der Waals surface area contributed by atoms with Crippen LogP contribution in [0.3, 0.4) is 0 Å². The fourth-order valence-corrected chi connectivity index (χ4v) is 2.58. The second kappa shape index (κ2) is 9.88. The van der Waals surface area contributed by atoms with E-state index in [9.17, 15) is 4.39 Å². The Hall–Kier alpha value is -1.14. The number of hydrogen-bond acceptors (Lipinski definition) is 2. The van der Waals surface area contributed by atoms with E-state index in [1.54, 1.807) is 13.1 Å². The van der Waals surface area contributed by atoms with Gasteiger partial charge < -0.3 is 15.4 Å². The molecule has 0 unspecified atom stereocenters. The first-order chi connectivity index (χ1) is 11.2. The van der Waals surface area contributed by atoms with Gasteiger partial charge in [-0.15, -0.1) is 0 Å². The average Bonchev–Trinajstić information content (AvgIpc) is 3.36. The van der Waals surface area contributed by atoms with Crippen molar-refractivity contribution in [2.75, 3.05) is 33.4 Å². The summed E-state index contributed by atoms with van der Waals surface area (Å²) in [6, 6.07) is 5.09. The number of aliphatic imine (C=N–C) groups is 1. The van der Waals surface area contributed by atoms with Gasteiger partial charge in [0.15, 0.2) is 5.96 Å². The third kappa shape index (κ3) is 7.31. The van der Waals surface area contributed by atoms with Crippen LogP contribution in [0.4, 0.5) is 4.39 Å². The number of ether oxygens (including phenoxy) is 1. The molecule has 0 heterocycles. The number of rotatable bonds is 9. The minimum Gasteiger partial charge on any atom is -0.381 e. The molecule has 0 amide bonds. The highest BCUT2D eigenvalue weighted by atomic mass is 79.9. The molecule has 1 aliphatic carbocycles. The molecule has 0 aromatic heterocycles. The second-order valence-electron chi connectivity index (χ2n) is 5.80. The number of nitrogens with zero attached hydrogens (tertiary/aromatic N) is 1. The van der Waals surface area contributed by atoms with E-state index >= 15 is 0 Å². The second-order valence-corrected chi connectivity index (χ2v) is 6.65. The highest BCUT2D eigenvalue weighted by Gasteiger charge is 2.20. The third-order valence-electron chi connectivity index (χ3n) is 3.72. The molecule has 0 atom stereocenters. The zero-order valence-electron chi connectivity index (χ0n) is 13.6. The van der Waals surface area contributed by atoms with Gasteiger partial charge in [0.2, 0.25) is 0 Å². The van der Waals surface area contributed by atoms with Gasteiger partial charge >= 0.3 is 0 Å². The molecule has 128 valence electrons. The average molecular weight is 386 g/mol. The summed E-state index contributed by atoms with van der Waals surface area (Å²) >= 11 is 3.20. The molecular weight excluding hydrogens is 361 g/mol. The summed E-state index contributed by atoms with van der Waals surface area (Å²) in [4.78, 5) is 4.19. The number of benzene rings is 1. The molecule has 0 spiro atoms. The standard InChI is InChI=1S/C17H25BrFN3O/c1-20-17(21-8-2-10-23-12-14-3-4-14)22-9-7-13-5-6-16(19)15(18)11-13/h5-6,11,14H,2-4,7-10,12H2,1H3,(H2,20,21,22). The molecule has 2 rings (SSSR count). The van der Waals surface area contributed by atoms with Crippen molar-refractivity contribution in [2.45, 2.75) is 25.7 Å². The van der Waals surface area contributed by atoms with E-state index in [1.165, 1.54) is 18.9 Å². The van der Waals surface area contributed by atoms with Crippen LogP contribution in [0.5, 0.6) is 0 Å². The lowest BCUT2D eigenvalue weighted by Crippen LogP contribution is -2.39. The molecule has 1 aliphatic rings. The Balaban J connectivity index is 1.55. The fraction of sp³-hybridized carbons (Fsp3) is 0.588. The molecule has 4 nitrogen and oxygen atoms in total.